The van der Waals surface area contributed by atoms with E-state index in [9.17, 15) is 13.2 Å². The summed E-state index contributed by atoms with van der Waals surface area (Å²) in [6.45, 7) is -1.31. The number of rotatable bonds is 3. The Bertz CT molecular complexity index is 327. The Morgan fingerprint density at radius 1 is 1.47 bits per heavy atom. The zero-order valence-electron chi connectivity index (χ0n) is 8.12. The highest BCUT2D eigenvalue weighted by Gasteiger charge is 2.29. The Labute approximate surface area is 85.2 Å². The number of alkyl halides is 3. The molecule has 15 heavy (non-hydrogen) atoms. The number of aromatic nitrogens is 1. The Hall–Kier alpha value is -1.30. The summed E-state index contributed by atoms with van der Waals surface area (Å²) in [5.74, 6) is 0. The minimum absolute atomic E-state index is 0.284. The zero-order valence-corrected chi connectivity index (χ0v) is 8.12. The van der Waals surface area contributed by atoms with Crippen molar-refractivity contribution in [2.45, 2.75) is 12.8 Å². The summed E-state index contributed by atoms with van der Waals surface area (Å²) in [4.78, 5) is 4.84. The third-order valence-electron chi connectivity index (χ3n) is 1.82. The molecule has 0 fully saturated rings. The molecular weight excluding hydrogens is 209 g/mol. The number of anilines is 1. The maximum absolute atomic E-state index is 12.1. The molecule has 0 atom stereocenters. The fraction of sp³-hybridized carbons (Fsp3) is 0.444. The summed E-state index contributed by atoms with van der Waals surface area (Å²) in [7, 11) is 1.34. The van der Waals surface area contributed by atoms with Gasteiger partial charge < -0.3 is 10.0 Å². The van der Waals surface area contributed by atoms with Crippen molar-refractivity contribution in [1.82, 2.24) is 4.98 Å². The number of hydrogen-bond acceptors (Lipinski definition) is 3. The minimum atomic E-state index is -4.24. The lowest BCUT2D eigenvalue weighted by Crippen LogP contribution is -2.30. The van der Waals surface area contributed by atoms with E-state index < -0.39 is 12.7 Å². The van der Waals surface area contributed by atoms with Gasteiger partial charge >= 0.3 is 6.18 Å². The first-order chi connectivity index (χ1) is 6.92. The molecule has 1 aromatic rings. The lowest BCUT2D eigenvalue weighted by atomic mass is 10.3. The van der Waals surface area contributed by atoms with E-state index in [1.807, 2.05) is 0 Å². The van der Waals surface area contributed by atoms with Crippen LogP contribution in [-0.2, 0) is 6.61 Å². The molecule has 0 saturated heterocycles. The van der Waals surface area contributed by atoms with Crippen LogP contribution in [-0.4, -0.2) is 29.9 Å². The smallest absolute Gasteiger partial charge is 0.390 e. The quantitative estimate of drug-likeness (QED) is 0.840. The van der Waals surface area contributed by atoms with Crippen LogP contribution < -0.4 is 4.90 Å². The van der Waals surface area contributed by atoms with Crippen LogP contribution in [0.15, 0.2) is 18.3 Å². The molecule has 0 radical (unpaired) electrons. The van der Waals surface area contributed by atoms with Gasteiger partial charge in [0.25, 0.3) is 0 Å². The molecule has 0 bridgehead atoms. The van der Waals surface area contributed by atoms with Gasteiger partial charge in [0, 0.05) is 18.9 Å². The molecule has 1 heterocycles. The van der Waals surface area contributed by atoms with Crippen molar-refractivity contribution in [3.63, 3.8) is 0 Å². The molecule has 0 saturated carbocycles. The zero-order chi connectivity index (χ0) is 11.5. The third kappa shape index (κ3) is 3.75. The van der Waals surface area contributed by atoms with E-state index in [-0.39, 0.29) is 6.61 Å². The molecule has 0 aliphatic carbocycles. The minimum Gasteiger partial charge on any atom is -0.390 e. The van der Waals surface area contributed by atoms with Gasteiger partial charge in [-0.2, -0.15) is 13.2 Å². The van der Waals surface area contributed by atoms with Crippen LogP contribution in [0, 0.1) is 0 Å². The van der Waals surface area contributed by atoms with Gasteiger partial charge in [0.15, 0.2) is 0 Å². The first-order valence-corrected chi connectivity index (χ1v) is 4.26. The number of pyridine rings is 1. The predicted octanol–water partition coefficient (Wildman–Crippen LogP) is 1.57. The summed E-state index contributed by atoms with van der Waals surface area (Å²) in [5, 5.41) is 8.77. The third-order valence-corrected chi connectivity index (χ3v) is 1.82. The first kappa shape index (κ1) is 11.8. The lowest BCUT2D eigenvalue weighted by Gasteiger charge is -2.20. The van der Waals surface area contributed by atoms with Gasteiger partial charge in [-0.1, -0.05) is 0 Å². The summed E-state index contributed by atoms with van der Waals surface area (Å²) in [5.41, 5.74) is 0.730. The Morgan fingerprint density at radius 2 is 2.13 bits per heavy atom. The van der Waals surface area contributed by atoms with Crippen molar-refractivity contribution in [3.05, 3.63) is 24.0 Å². The number of aliphatic hydroxyl groups is 1. The average molecular weight is 220 g/mol. The summed E-state index contributed by atoms with van der Waals surface area (Å²) in [6, 6.07) is 2.89. The Kier molecular flexibility index (Phi) is 3.52. The monoisotopic (exact) mass is 220 g/mol. The molecule has 0 spiro atoms. The molecule has 3 nitrogen and oxygen atoms in total. The fourth-order valence-electron chi connectivity index (χ4n) is 1.15. The summed E-state index contributed by atoms with van der Waals surface area (Å²) in [6.07, 6.45) is -2.87. The highest BCUT2D eigenvalue weighted by Crippen LogP contribution is 2.20. The van der Waals surface area contributed by atoms with Gasteiger partial charge in [-0.05, 0) is 12.1 Å². The normalized spacial score (nSPS) is 11.5. The SMILES string of the molecule is CN(CC(F)(F)F)c1ccnc(CO)c1. The molecule has 84 valence electrons. The summed E-state index contributed by atoms with van der Waals surface area (Å²) < 4.78 is 36.2. The molecular formula is C9H11F3N2O. The Morgan fingerprint density at radius 3 is 2.67 bits per heavy atom. The second kappa shape index (κ2) is 4.48. The molecule has 1 N–H and O–H groups in total. The van der Waals surface area contributed by atoms with Crippen LogP contribution >= 0.6 is 0 Å². The molecule has 0 amide bonds. The van der Waals surface area contributed by atoms with Gasteiger partial charge in [0.05, 0.1) is 12.3 Å². The van der Waals surface area contributed by atoms with Crippen molar-refractivity contribution in [2.75, 3.05) is 18.5 Å². The molecule has 1 aromatic heterocycles. The van der Waals surface area contributed by atoms with Crippen molar-refractivity contribution in [3.8, 4) is 0 Å². The topological polar surface area (TPSA) is 36.4 Å². The van der Waals surface area contributed by atoms with E-state index >= 15 is 0 Å². The van der Waals surface area contributed by atoms with Gasteiger partial charge in [-0.25, -0.2) is 0 Å². The molecule has 0 unspecified atom stereocenters. The van der Waals surface area contributed by atoms with Crippen molar-refractivity contribution in [1.29, 1.82) is 0 Å². The first-order valence-electron chi connectivity index (χ1n) is 4.26. The maximum atomic E-state index is 12.1. The summed E-state index contributed by atoms with van der Waals surface area (Å²) >= 11 is 0. The second-order valence-corrected chi connectivity index (χ2v) is 3.13. The molecule has 1 rings (SSSR count). The van der Waals surface area contributed by atoms with Crippen LogP contribution in [0.5, 0.6) is 0 Å². The van der Waals surface area contributed by atoms with E-state index in [1.54, 1.807) is 0 Å². The number of aliphatic hydroxyl groups excluding tert-OH is 1. The van der Waals surface area contributed by atoms with E-state index in [4.69, 9.17) is 5.11 Å². The van der Waals surface area contributed by atoms with Gasteiger partial charge in [0.1, 0.15) is 6.54 Å². The van der Waals surface area contributed by atoms with Crippen LogP contribution in [0.4, 0.5) is 18.9 Å². The number of hydrogen-bond donors (Lipinski definition) is 1. The van der Waals surface area contributed by atoms with Crippen molar-refractivity contribution in [2.24, 2.45) is 0 Å². The van der Waals surface area contributed by atoms with E-state index in [0.29, 0.717) is 11.4 Å². The maximum Gasteiger partial charge on any atom is 0.405 e. The van der Waals surface area contributed by atoms with Gasteiger partial charge in [0.2, 0.25) is 0 Å². The van der Waals surface area contributed by atoms with Crippen molar-refractivity contribution >= 4 is 5.69 Å². The van der Waals surface area contributed by atoms with Gasteiger partial charge in [-0.15, -0.1) is 0 Å². The standard InChI is InChI=1S/C9H11F3N2O/c1-14(6-9(10,11)12)8-2-3-13-7(4-8)5-15/h2-4,15H,5-6H2,1H3. The molecule has 6 heteroatoms. The van der Waals surface area contributed by atoms with Crippen LogP contribution in [0.3, 0.4) is 0 Å². The van der Waals surface area contributed by atoms with Crippen LogP contribution in [0.1, 0.15) is 5.69 Å². The molecule has 0 aromatic carbocycles. The van der Waals surface area contributed by atoms with E-state index in [2.05, 4.69) is 4.98 Å². The van der Waals surface area contributed by atoms with Crippen LogP contribution in [0.2, 0.25) is 0 Å². The van der Waals surface area contributed by atoms with Crippen molar-refractivity contribution < 1.29 is 18.3 Å². The van der Waals surface area contributed by atoms with E-state index in [0.717, 1.165) is 4.90 Å². The average Bonchev–Trinajstić information content (AvgIpc) is 2.15. The molecule has 0 aliphatic rings. The van der Waals surface area contributed by atoms with Crippen LogP contribution in [0.25, 0.3) is 0 Å². The second-order valence-electron chi connectivity index (χ2n) is 3.13. The predicted molar refractivity (Wildman–Crippen MR) is 49.5 cm³/mol. The lowest BCUT2D eigenvalue weighted by molar-refractivity contribution is -0.119. The highest BCUT2D eigenvalue weighted by molar-refractivity contribution is 5.45. The number of nitrogens with zero attached hydrogens (tertiary/aromatic N) is 2. The number of halogens is 3. The fourth-order valence-corrected chi connectivity index (χ4v) is 1.15. The van der Waals surface area contributed by atoms with E-state index in [1.165, 1.54) is 25.4 Å². The largest absolute Gasteiger partial charge is 0.405 e. The Balaban J connectivity index is 2.77. The van der Waals surface area contributed by atoms with Gasteiger partial charge in [-0.3, -0.25) is 4.98 Å². The molecule has 0 aliphatic heterocycles. The highest BCUT2D eigenvalue weighted by atomic mass is 19.4.